The summed E-state index contributed by atoms with van der Waals surface area (Å²) in [6.07, 6.45) is 6.52. The lowest BCUT2D eigenvalue weighted by Crippen LogP contribution is -2.38. The summed E-state index contributed by atoms with van der Waals surface area (Å²) in [4.78, 5) is 19.4. The molecular weight excluding hydrogens is 346 g/mol. The number of rotatable bonds is 5. The van der Waals surface area contributed by atoms with Crippen molar-refractivity contribution in [2.24, 2.45) is 0 Å². The SMILES string of the molecule is O=c1cc2c(nn1CC1CCCN1Cc1noc(C3CCC3)n1)CCOC2. The minimum atomic E-state index is -0.0436. The molecule has 144 valence electrons. The molecule has 2 aromatic heterocycles. The summed E-state index contributed by atoms with van der Waals surface area (Å²) in [6.45, 7) is 3.45. The number of hydrogen-bond donors (Lipinski definition) is 0. The summed E-state index contributed by atoms with van der Waals surface area (Å²) < 4.78 is 12.5. The second-order valence-electron chi connectivity index (χ2n) is 7.88. The normalized spacial score (nSPS) is 23.3. The van der Waals surface area contributed by atoms with Crippen LogP contribution in [0.5, 0.6) is 0 Å². The van der Waals surface area contributed by atoms with Crippen LogP contribution in [0.15, 0.2) is 15.4 Å². The molecule has 0 spiro atoms. The first-order valence-electron chi connectivity index (χ1n) is 10.0. The van der Waals surface area contributed by atoms with Gasteiger partial charge in [-0.1, -0.05) is 11.6 Å². The van der Waals surface area contributed by atoms with E-state index in [4.69, 9.17) is 9.26 Å². The van der Waals surface area contributed by atoms with E-state index < -0.39 is 0 Å². The Bertz CT molecular complexity index is 872. The molecule has 3 aliphatic rings. The third-order valence-corrected chi connectivity index (χ3v) is 6.07. The highest BCUT2D eigenvalue weighted by Crippen LogP contribution is 2.35. The Hall–Kier alpha value is -2.06. The third kappa shape index (κ3) is 3.43. The first-order valence-corrected chi connectivity index (χ1v) is 10.0. The molecule has 5 rings (SSSR count). The van der Waals surface area contributed by atoms with Gasteiger partial charge < -0.3 is 9.26 Å². The fourth-order valence-corrected chi connectivity index (χ4v) is 4.23. The average Bonchev–Trinajstić information content (AvgIpc) is 3.25. The molecule has 2 aromatic rings. The minimum Gasteiger partial charge on any atom is -0.376 e. The van der Waals surface area contributed by atoms with Crippen molar-refractivity contribution in [3.05, 3.63) is 39.4 Å². The number of nitrogens with zero attached hydrogens (tertiary/aromatic N) is 5. The van der Waals surface area contributed by atoms with Crippen LogP contribution >= 0.6 is 0 Å². The number of fused-ring (bicyclic) bond motifs is 1. The van der Waals surface area contributed by atoms with E-state index in [2.05, 4.69) is 20.1 Å². The molecule has 1 saturated heterocycles. The summed E-state index contributed by atoms with van der Waals surface area (Å²) in [5.41, 5.74) is 1.88. The van der Waals surface area contributed by atoms with E-state index >= 15 is 0 Å². The molecule has 1 atom stereocenters. The number of aromatic nitrogens is 4. The highest BCUT2D eigenvalue weighted by molar-refractivity contribution is 5.18. The molecule has 1 aliphatic carbocycles. The van der Waals surface area contributed by atoms with Gasteiger partial charge in [0.15, 0.2) is 5.82 Å². The van der Waals surface area contributed by atoms with E-state index in [0.717, 1.165) is 61.6 Å². The zero-order valence-corrected chi connectivity index (χ0v) is 15.5. The van der Waals surface area contributed by atoms with Crippen molar-refractivity contribution in [2.45, 2.75) is 70.2 Å². The molecule has 4 heterocycles. The Morgan fingerprint density at radius 1 is 1.22 bits per heavy atom. The maximum absolute atomic E-state index is 12.4. The van der Waals surface area contributed by atoms with Gasteiger partial charge in [0.05, 0.1) is 32.0 Å². The summed E-state index contributed by atoms with van der Waals surface area (Å²) in [7, 11) is 0. The first-order chi connectivity index (χ1) is 13.3. The van der Waals surface area contributed by atoms with Gasteiger partial charge in [-0.2, -0.15) is 10.1 Å². The van der Waals surface area contributed by atoms with Crippen LogP contribution in [-0.4, -0.2) is 44.0 Å². The Morgan fingerprint density at radius 2 is 2.15 bits per heavy atom. The molecule has 0 radical (unpaired) electrons. The lowest BCUT2D eigenvalue weighted by atomic mass is 9.85. The van der Waals surface area contributed by atoms with Crippen LogP contribution in [0, 0.1) is 0 Å². The van der Waals surface area contributed by atoms with Gasteiger partial charge in [0.1, 0.15) is 0 Å². The monoisotopic (exact) mass is 371 g/mol. The molecular formula is C19H25N5O3. The summed E-state index contributed by atoms with van der Waals surface area (Å²) in [5.74, 6) is 2.01. The lowest BCUT2D eigenvalue weighted by Gasteiger charge is -2.24. The van der Waals surface area contributed by atoms with Crippen LogP contribution in [0.25, 0.3) is 0 Å². The molecule has 1 unspecified atom stereocenters. The zero-order valence-electron chi connectivity index (χ0n) is 15.5. The Labute approximate surface area is 157 Å². The van der Waals surface area contributed by atoms with Gasteiger partial charge in [-0.15, -0.1) is 0 Å². The van der Waals surface area contributed by atoms with Crippen molar-refractivity contribution in [2.75, 3.05) is 13.2 Å². The smallest absolute Gasteiger partial charge is 0.267 e. The van der Waals surface area contributed by atoms with Crippen LogP contribution in [0.3, 0.4) is 0 Å². The maximum atomic E-state index is 12.4. The van der Waals surface area contributed by atoms with Crippen LogP contribution in [0.2, 0.25) is 0 Å². The standard InChI is InChI=1S/C19H25N5O3/c25-18-9-14-12-26-8-6-16(14)21-24(18)10-15-5-2-7-23(15)11-17-20-19(27-22-17)13-3-1-4-13/h9,13,15H,1-8,10-12H2. The van der Waals surface area contributed by atoms with E-state index in [-0.39, 0.29) is 11.6 Å². The summed E-state index contributed by atoms with van der Waals surface area (Å²) in [5, 5.41) is 8.78. The van der Waals surface area contributed by atoms with Gasteiger partial charge in [-0.3, -0.25) is 9.69 Å². The topological polar surface area (TPSA) is 86.3 Å². The van der Waals surface area contributed by atoms with Gasteiger partial charge >= 0.3 is 0 Å². The second-order valence-corrected chi connectivity index (χ2v) is 7.88. The number of likely N-dealkylation sites (tertiary alicyclic amines) is 1. The first kappa shape index (κ1) is 17.1. The van der Waals surface area contributed by atoms with Crippen LogP contribution in [0.1, 0.15) is 61.0 Å². The van der Waals surface area contributed by atoms with Crippen molar-refractivity contribution < 1.29 is 9.26 Å². The molecule has 2 aliphatic heterocycles. The predicted molar refractivity (Wildman–Crippen MR) is 96.2 cm³/mol. The minimum absolute atomic E-state index is 0.0436. The molecule has 0 N–H and O–H groups in total. The lowest BCUT2D eigenvalue weighted by molar-refractivity contribution is 0.107. The summed E-state index contributed by atoms with van der Waals surface area (Å²) in [6, 6.07) is 1.96. The molecule has 0 bridgehead atoms. The van der Waals surface area contributed by atoms with Crippen molar-refractivity contribution in [1.29, 1.82) is 0 Å². The average molecular weight is 371 g/mol. The zero-order chi connectivity index (χ0) is 18.2. The highest BCUT2D eigenvalue weighted by atomic mass is 16.5. The van der Waals surface area contributed by atoms with Gasteiger partial charge in [-0.05, 0) is 32.2 Å². The van der Waals surface area contributed by atoms with Gasteiger partial charge in [0, 0.05) is 30.0 Å². The number of hydrogen-bond acceptors (Lipinski definition) is 7. The fourth-order valence-electron chi connectivity index (χ4n) is 4.23. The largest absolute Gasteiger partial charge is 0.376 e. The molecule has 0 aromatic carbocycles. The van der Waals surface area contributed by atoms with Crippen LogP contribution in [0.4, 0.5) is 0 Å². The Balaban J connectivity index is 1.28. The van der Waals surface area contributed by atoms with Crippen molar-refractivity contribution in [3.63, 3.8) is 0 Å². The quantitative estimate of drug-likeness (QED) is 0.789. The molecule has 8 nitrogen and oxygen atoms in total. The second kappa shape index (κ2) is 7.16. The van der Waals surface area contributed by atoms with Crippen LogP contribution < -0.4 is 5.56 Å². The molecule has 2 fully saturated rings. The Morgan fingerprint density at radius 3 is 3.00 bits per heavy atom. The molecule has 27 heavy (non-hydrogen) atoms. The maximum Gasteiger partial charge on any atom is 0.267 e. The number of ether oxygens (including phenoxy) is 1. The Kier molecular flexibility index (Phi) is 4.53. The molecule has 8 heteroatoms. The molecule has 0 amide bonds. The van der Waals surface area contributed by atoms with E-state index in [1.54, 1.807) is 10.7 Å². The van der Waals surface area contributed by atoms with E-state index in [9.17, 15) is 4.79 Å². The summed E-state index contributed by atoms with van der Waals surface area (Å²) >= 11 is 0. The highest BCUT2D eigenvalue weighted by Gasteiger charge is 2.29. The van der Waals surface area contributed by atoms with E-state index in [1.807, 2.05) is 0 Å². The van der Waals surface area contributed by atoms with Crippen LogP contribution in [-0.2, 0) is 30.9 Å². The fraction of sp³-hybridized carbons (Fsp3) is 0.684. The van der Waals surface area contributed by atoms with Crippen molar-refractivity contribution in [3.8, 4) is 0 Å². The van der Waals surface area contributed by atoms with E-state index in [0.29, 0.717) is 32.2 Å². The van der Waals surface area contributed by atoms with Crippen molar-refractivity contribution in [1.82, 2.24) is 24.8 Å². The van der Waals surface area contributed by atoms with E-state index in [1.165, 1.54) is 6.42 Å². The molecule has 1 saturated carbocycles. The van der Waals surface area contributed by atoms with Crippen molar-refractivity contribution >= 4 is 0 Å². The third-order valence-electron chi connectivity index (χ3n) is 6.07. The van der Waals surface area contributed by atoms with Gasteiger partial charge in [-0.25, -0.2) is 4.68 Å². The van der Waals surface area contributed by atoms with Gasteiger partial charge in [0.25, 0.3) is 5.56 Å². The predicted octanol–water partition coefficient (Wildman–Crippen LogP) is 1.63. The van der Waals surface area contributed by atoms with Gasteiger partial charge in [0.2, 0.25) is 5.89 Å².